The zero-order chi connectivity index (χ0) is 15.8. The van der Waals surface area contributed by atoms with Crippen LogP contribution in [0.5, 0.6) is 5.75 Å². The number of nitrogens with zero attached hydrogens (tertiary/aromatic N) is 1. The maximum absolute atomic E-state index is 5.37. The van der Waals surface area contributed by atoms with Gasteiger partial charge in [0.1, 0.15) is 5.75 Å². The minimum atomic E-state index is 0.807. The first-order valence-corrected chi connectivity index (χ1v) is 7.95. The number of methoxy groups -OCH3 is 1. The van der Waals surface area contributed by atoms with Crippen LogP contribution in [0.25, 0.3) is 0 Å². The molecule has 2 rings (SSSR count). The Morgan fingerprint density at radius 2 is 1.59 bits per heavy atom. The standard InChI is InChI=1S/C19H26N2O/c1-4-21(5-2)18-12-10-16(11-13-18)14-20-15-17-8-6-7-9-19(17)22-3/h6-13,20H,4-5,14-15H2,1-3H3. The number of para-hydroxylation sites is 1. The predicted octanol–water partition coefficient (Wildman–Crippen LogP) is 3.83. The molecule has 0 atom stereocenters. The van der Waals surface area contributed by atoms with E-state index in [0.29, 0.717) is 0 Å². The first-order valence-electron chi connectivity index (χ1n) is 7.95. The molecule has 0 aliphatic carbocycles. The van der Waals surface area contributed by atoms with E-state index in [-0.39, 0.29) is 0 Å². The highest BCUT2D eigenvalue weighted by Gasteiger charge is 2.03. The molecule has 22 heavy (non-hydrogen) atoms. The van der Waals surface area contributed by atoms with Crippen molar-refractivity contribution in [3.05, 3.63) is 59.7 Å². The number of benzene rings is 2. The van der Waals surface area contributed by atoms with Crippen LogP contribution in [0, 0.1) is 0 Å². The van der Waals surface area contributed by atoms with Gasteiger partial charge in [-0.15, -0.1) is 0 Å². The molecule has 2 aromatic carbocycles. The molecule has 0 aliphatic heterocycles. The molecule has 0 amide bonds. The topological polar surface area (TPSA) is 24.5 Å². The average Bonchev–Trinajstić information content (AvgIpc) is 2.58. The van der Waals surface area contributed by atoms with E-state index in [1.165, 1.54) is 16.8 Å². The molecule has 0 saturated heterocycles. The van der Waals surface area contributed by atoms with Gasteiger partial charge < -0.3 is 15.0 Å². The average molecular weight is 298 g/mol. The Balaban J connectivity index is 1.89. The highest BCUT2D eigenvalue weighted by atomic mass is 16.5. The third-order valence-corrected chi connectivity index (χ3v) is 3.90. The molecule has 0 heterocycles. The van der Waals surface area contributed by atoms with Gasteiger partial charge in [0.2, 0.25) is 0 Å². The van der Waals surface area contributed by atoms with Crippen LogP contribution in [0.15, 0.2) is 48.5 Å². The highest BCUT2D eigenvalue weighted by molar-refractivity contribution is 5.47. The van der Waals surface area contributed by atoms with Gasteiger partial charge in [0.25, 0.3) is 0 Å². The van der Waals surface area contributed by atoms with Crippen molar-refractivity contribution in [3.63, 3.8) is 0 Å². The van der Waals surface area contributed by atoms with Crippen LogP contribution in [0.1, 0.15) is 25.0 Å². The van der Waals surface area contributed by atoms with E-state index in [0.717, 1.165) is 31.9 Å². The fourth-order valence-corrected chi connectivity index (χ4v) is 2.60. The molecule has 0 unspecified atom stereocenters. The summed E-state index contributed by atoms with van der Waals surface area (Å²) < 4.78 is 5.37. The Morgan fingerprint density at radius 3 is 2.23 bits per heavy atom. The van der Waals surface area contributed by atoms with Gasteiger partial charge in [-0.25, -0.2) is 0 Å². The molecule has 0 radical (unpaired) electrons. The number of ether oxygens (including phenoxy) is 1. The summed E-state index contributed by atoms with van der Waals surface area (Å²) in [7, 11) is 1.71. The monoisotopic (exact) mass is 298 g/mol. The van der Waals surface area contributed by atoms with Gasteiger partial charge >= 0.3 is 0 Å². The largest absolute Gasteiger partial charge is 0.496 e. The zero-order valence-corrected chi connectivity index (χ0v) is 13.8. The van der Waals surface area contributed by atoms with Gasteiger partial charge in [-0.05, 0) is 37.6 Å². The van der Waals surface area contributed by atoms with Crippen LogP contribution in [0.2, 0.25) is 0 Å². The molecule has 0 spiro atoms. The van der Waals surface area contributed by atoms with Gasteiger partial charge in [0, 0.05) is 37.4 Å². The number of nitrogens with one attached hydrogen (secondary N) is 1. The molecular weight excluding hydrogens is 272 g/mol. The molecule has 0 aromatic heterocycles. The van der Waals surface area contributed by atoms with Crippen molar-refractivity contribution in [2.45, 2.75) is 26.9 Å². The third kappa shape index (κ3) is 4.25. The van der Waals surface area contributed by atoms with Crippen LogP contribution in [-0.2, 0) is 13.1 Å². The van der Waals surface area contributed by atoms with E-state index in [1.54, 1.807) is 7.11 Å². The lowest BCUT2D eigenvalue weighted by Crippen LogP contribution is -2.21. The lowest BCUT2D eigenvalue weighted by Gasteiger charge is -2.21. The van der Waals surface area contributed by atoms with Gasteiger partial charge in [-0.1, -0.05) is 30.3 Å². The van der Waals surface area contributed by atoms with Crippen molar-refractivity contribution in [1.82, 2.24) is 5.32 Å². The summed E-state index contributed by atoms with van der Waals surface area (Å²) in [4.78, 5) is 2.35. The Kier molecular flexibility index (Phi) is 6.28. The maximum Gasteiger partial charge on any atom is 0.123 e. The normalized spacial score (nSPS) is 10.5. The van der Waals surface area contributed by atoms with Gasteiger partial charge in [-0.2, -0.15) is 0 Å². The lowest BCUT2D eigenvalue weighted by molar-refractivity contribution is 0.407. The molecule has 3 heteroatoms. The fourth-order valence-electron chi connectivity index (χ4n) is 2.60. The molecule has 0 bridgehead atoms. The third-order valence-electron chi connectivity index (χ3n) is 3.90. The summed E-state index contributed by atoms with van der Waals surface area (Å²) in [5.74, 6) is 0.937. The Hall–Kier alpha value is -2.00. The van der Waals surface area contributed by atoms with E-state index in [2.05, 4.69) is 54.4 Å². The smallest absolute Gasteiger partial charge is 0.123 e. The summed E-state index contributed by atoms with van der Waals surface area (Å²) in [5.41, 5.74) is 3.77. The van der Waals surface area contributed by atoms with Crippen LogP contribution in [-0.4, -0.2) is 20.2 Å². The van der Waals surface area contributed by atoms with E-state index in [9.17, 15) is 0 Å². The minimum absolute atomic E-state index is 0.807. The molecule has 0 aliphatic rings. The fraction of sp³-hybridized carbons (Fsp3) is 0.368. The van der Waals surface area contributed by atoms with E-state index < -0.39 is 0 Å². The van der Waals surface area contributed by atoms with Crippen molar-refractivity contribution in [2.75, 3.05) is 25.1 Å². The van der Waals surface area contributed by atoms with Crippen molar-refractivity contribution in [3.8, 4) is 5.75 Å². The SMILES string of the molecule is CCN(CC)c1ccc(CNCc2ccccc2OC)cc1. The summed E-state index contributed by atoms with van der Waals surface area (Å²) in [6.45, 7) is 8.13. The molecule has 0 saturated carbocycles. The number of rotatable bonds is 8. The zero-order valence-electron chi connectivity index (χ0n) is 13.8. The first kappa shape index (κ1) is 16.4. The summed E-state index contributed by atoms with van der Waals surface area (Å²) in [6, 6.07) is 16.9. The molecule has 1 N–H and O–H groups in total. The molecule has 3 nitrogen and oxygen atoms in total. The Labute approximate surface area is 133 Å². The Morgan fingerprint density at radius 1 is 0.909 bits per heavy atom. The van der Waals surface area contributed by atoms with Crippen molar-refractivity contribution in [2.24, 2.45) is 0 Å². The van der Waals surface area contributed by atoms with Crippen LogP contribution in [0.3, 0.4) is 0 Å². The van der Waals surface area contributed by atoms with Gasteiger partial charge in [-0.3, -0.25) is 0 Å². The first-order chi connectivity index (χ1) is 10.8. The van der Waals surface area contributed by atoms with Crippen LogP contribution < -0.4 is 15.0 Å². The second-order valence-electron chi connectivity index (χ2n) is 5.25. The maximum atomic E-state index is 5.37. The van der Waals surface area contributed by atoms with Crippen molar-refractivity contribution < 1.29 is 4.74 Å². The van der Waals surface area contributed by atoms with E-state index in [4.69, 9.17) is 4.74 Å². The van der Waals surface area contributed by atoms with E-state index >= 15 is 0 Å². The van der Waals surface area contributed by atoms with Crippen molar-refractivity contribution in [1.29, 1.82) is 0 Å². The van der Waals surface area contributed by atoms with Crippen molar-refractivity contribution >= 4 is 5.69 Å². The molecule has 2 aromatic rings. The summed E-state index contributed by atoms with van der Waals surface area (Å²) in [5, 5.41) is 3.48. The summed E-state index contributed by atoms with van der Waals surface area (Å²) >= 11 is 0. The van der Waals surface area contributed by atoms with Gasteiger partial charge in [0.05, 0.1) is 7.11 Å². The lowest BCUT2D eigenvalue weighted by atomic mass is 10.1. The highest BCUT2D eigenvalue weighted by Crippen LogP contribution is 2.17. The minimum Gasteiger partial charge on any atom is -0.496 e. The number of anilines is 1. The Bertz CT molecular complexity index is 562. The quantitative estimate of drug-likeness (QED) is 0.801. The van der Waals surface area contributed by atoms with Gasteiger partial charge in [0.15, 0.2) is 0 Å². The molecule has 118 valence electrons. The van der Waals surface area contributed by atoms with E-state index in [1.807, 2.05) is 18.2 Å². The number of hydrogen-bond acceptors (Lipinski definition) is 3. The second kappa shape index (κ2) is 8.44. The van der Waals surface area contributed by atoms with Crippen LogP contribution >= 0.6 is 0 Å². The second-order valence-corrected chi connectivity index (χ2v) is 5.25. The predicted molar refractivity (Wildman–Crippen MR) is 93.5 cm³/mol. The molecular formula is C19H26N2O. The number of hydrogen-bond donors (Lipinski definition) is 1. The summed E-state index contributed by atoms with van der Waals surface area (Å²) in [6.07, 6.45) is 0. The molecule has 0 fully saturated rings. The van der Waals surface area contributed by atoms with Crippen LogP contribution in [0.4, 0.5) is 5.69 Å².